The van der Waals surface area contributed by atoms with Crippen molar-refractivity contribution < 1.29 is 5.11 Å². The summed E-state index contributed by atoms with van der Waals surface area (Å²) in [7, 11) is 0. The highest BCUT2D eigenvalue weighted by Gasteiger charge is 2.21. The highest BCUT2D eigenvalue weighted by atomic mass is 32.2. The molecule has 1 heterocycles. The van der Waals surface area contributed by atoms with Crippen molar-refractivity contribution in [2.75, 3.05) is 18.9 Å². The largest absolute Gasteiger partial charge is 0.394 e. The third kappa shape index (κ3) is 5.84. The number of hydrogen-bond donors (Lipinski definition) is 3. The van der Waals surface area contributed by atoms with E-state index in [2.05, 4.69) is 34.3 Å². The van der Waals surface area contributed by atoms with Crippen LogP contribution in [0.15, 0.2) is 11.5 Å². The summed E-state index contributed by atoms with van der Waals surface area (Å²) < 4.78 is 0. The zero-order chi connectivity index (χ0) is 13.3. The van der Waals surface area contributed by atoms with Gasteiger partial charge >= 0.3 is 0 Å². The van der Waals surface area contributed by atoms with E-state index in [0.717, 1.165) is 43.1 Å². The maximum absolute atomic E-state index is 9.43. The highest BCUT2D eigenvalue weighted by molar-refractivity contribution is 7.99. The molecule has 5 nitrogen and oxygen atoms in total. The zero-order valence-corrected chi connectivity index (χ0v) is 12.1. The average molecular weight is 272 g/mol. The van der Waals surface area contributed by atoms with Crippen LogP contribution in [0.4, 0.5) is 0 Å². The fraction of sp³-hybridized carbons (Fsp3) is 0.833. The molecule has 1 atom stereocenters. The van der Waals surface area contributed by atoms with Gasteiger partial charge in [-0.15, -0.1) is 0 Å². The van der Waals surface area contributed by atoms with E-state index in [1.54, 1.807) is 11.8 Å². The lowest BCUT2D eigenvalue weighted by Crippen LogP contribution is -2.46. The van der Waals surface area contributed by atoms with Crippen molar-refractivity contribution in [1.29, 1.82) is 0 Å². The molecule has 3 N–H and O–H groups in total. The van der Waals surface area contributed by atoms with E-state index in [0.29, 0.717) is 0 Å². The standard InChI is InChI=1S/C12H24N4OS/c1-3-7-14-12(2,9-17)6-4-5-8-18-11-13-10-15-16-11/h10,14,17H,3-9H2,1-2H3,(H,13,15,16). The van der Waals surface area contributed by atoms with Crippen LogP contribution in [-0.4, -0.2) is 44.7 Å². The van der Waals surface area contributed by atoms with Crippen LogP contribution in [0, 0.1) is 0 Å². The summed E-state index contributed by atoms with van der Waals surface area (Å²) in [5, 5.41) is 20.4. The summed E-state index contributed by atoms with van der Waals surface area (Å²) in [6.45, 7) is 5.39. The van der Waals surface area contributed by atoms with Gasteiger partial charge in [0.25, 0.3) is 0 Å². The minimum atomic E-state index is -0.132. The summed E-state index contributed by atoms with van der Waals surface area (Å²) in [5.41, 5.74) is -0.132. The van der Waals surface area contributed by atoms with Gasteiger partial charge in [-0.1, -0.05) is 25.1 Å². The van der Waals surface area contributed by atoms with Gasteiger partial charge in [0.15, 0.2) is 5.16 Å². The molecule has 0 fully saturated rings. The molecule has 1 aromatic rings. The SMILES string of the molecule is CCCNC(C)(CO)CCCCSc1ncn[nH]1. The van der Waals surface area contributed by atoms with E-state index < -0.39 is 0 Å². The van der Waals surface area contributed by atoms with Gasteiger partial charge in [-0.3, -0.25) is 5.10 Å². The van der Waals surface area contributed by atoms with Crippen molar-refractivity contribution in [2.24, 2.45) is 0 Å². The normalized spacial score (nSPS) is 14.6. The van der Waals surface area contributed by atoms with Gasteiger partial charge in [0.2, 0.25) is 0 Å². The summed E-state index contributed by atoms with van der Waals surface area (Å²) in [6, 6.07) is 0. The number of aliphatic hydroxyl groups is 1. The van der Waals surface area contributed by atoms with E-state index in [1.165, 1.54) is 6.33 Å². The Kier molecular flexibility index (Phi) is 7.31. The number of nitrogens with zero attached hydrogens (tertiary/aromatic N) is 2. The number of aromatic nitrogens is 3. The van der Waals surface area contributed by atoms with Crippen molar-refractivity contribution in [2.45, 2.75) is 50.2 Å². The van der Waals surface area contributed by atoms with Crippen LogP contribution in [0.25, 0.3) is 0 Å². The number of aromatic amines is 1. The van der Waals surface area contributed by atoms with Crippen molar-refractivity contribution in [3.63, 3.8) is 0 Å². The summed E-state index contributed by atoms with van der Waals surface area (Å²) in [4.78, 5) is 4.06. The topological polar surface area (TPSA) is 73.8 Å². The smallest absolute Gasteiger partial charge is 0.183 e. The lowest BCUT2D eigenvalue weighted by molar-refractivity contribution is 0.163. The first-order chi connectivity index (χ1) is 8.70. The molecule has 18 heavy (non-hydrogen) atoms. The van der Waals surface area contributed by atoms with Gasteiger partial charge < -0.3 is 10.4 Å². The Morgan fingerprint density at radius 2 is 2.33 bits per heavy atom. The number of rotatable bonds is 10. The van der Waals surface area contributed by atoms with E-state index in [-0.39, 0.29) is 12.1 Å². The van der Waals surface area contributed by atoms with Crippen LogP contribution in [0.1, 0.15) is 39.5 Å². The van der Waals surface area contributed by atoms with Crippen molar-refractivity contribution >= 4 is 11.8 Å². The quantitative estimate of drug-likeness (QED) is 0.447. The van der Waals surface area contributed by atoms with Gasteiger partial charge in [0, 0.05) is 11.3 Å². The van der Waals surface area contributed by atoms with Gasteiger partial charge in [-0.05, 0) is 32.7 Å². The second-order valence-corrected chi connectivity index (χ2v) is 5.83. The van der Waals surface area contributed by atoms with Crippen molar-refractivity contribution in [3.05, 3.63) is 6.33 Å². The summed E-state index contributed by atoms with van der Waals surface area (Å²) in [6.07, 6.45) is 5.85. The first kappa shape index (κ1) is 15.5. The molecule has 0 aliphatic heterocycles. The van der Waals surface area contributed by atoms with Gasteiger partial charge in [0.1, 0.15) is 6.33 Å². The van der Waals surface area contributed by atoms with E-state index >= 15 is 0 Å². The first-order valence-electron chi connectivity index (χ1n) is 6.54. The predicted octanol–water partition coefficient (Wildman–Crippen LogP) is 1.82. The molecule has 1 rings (SSSR count). The molecule has 0 amide bonds. The second kappa shape index (κ2) is 8.50. The molecular formula is C12H24N4OS. The van der Waals surface area contributed by atoms with E-state index in [4.69, 9.17) is 0 Å². The molecule has 0 saturated carbocycles. The number of aliphatic hydroxyl groups excluding tert-OH is 1. The zero-order valence-electron chi connectivity index (χ0n) is 11.3. The third-order valence-corrected chi connectivity index (χ3v) is 3.87. The minimum Gasteiger partial charge on any atom is -0.394 e. The van der Waals surface area contributed by atoms with Crippen LogP contribution in [-0.2, 0) is 0 Å². The van der Waals surface area contributed by atoms with E-state index in [1.807, 2.05) is 0 Å². The van der Waals surface area contributed by atoms with Crippen molar-refractivity contribution in [3.8, 4) is 0 Å². The molecule has 104 valence electrons. The van der Waals surface area contributed by atoms with Crippen LogP contribution in [0.3, 0.4) is 0 Å². The average Bonchev–Trinajstić information content (AvgIpc) is 2.89. The lowest BCUT2D eigenvalue weighted by atomic mass is 9.96. The first-order valence-corrected chi connectivity index (χ1v) is 7.53. The molecule has 0 saturated heterocycles. The molecule has 0 radical (unpaired) electrons. The fourth-order valence-electron chi connectivity index (χ4n) is 1.70. The van der Waals surface area contributed by atoms with Gasteiger partial charge in [0.05, 0.1) is 6.61 Å². The molecule has 0 bridgehead atoms. The number of nitrogens with one attached hydrogen (secondary N) is 2. The molecule has 1 aromatic heterocycles. The molecular weight excluding hydrogens is 248 g/mol. The van der Waals surface area contributed by atoms with Crippen LogP contribution < -0.4 is 5.32 Å². The Balaban J connectivity index is 2.11. The van der Waals surface area contributed by atoms with Gasteiger partial charge in [-0.25, -0.2) is 4.98 Å². The molecule has 0 aliphatic carbocycles. The number of thioether (sulfide) groups is 1. The van der Waals surface area contributed by atoms with Crippen LogP contribution >= 0.6 is 11.8 Å². The maximum atomic E-state index is 9.43. The Morgan fingerprint density at radius 1 is 1.50 bits per heavy atom. The van der Waals surface area contributed by atoms with Crippen LogP contribution in [0.2, 0.25) is 0 Å². The molecule has 0 aromatic carbocycles. The summed E-state index contributed by atoms with van der Waals surface area (Å²) >= 11 is 1.69. The maximum Gasteiger partial charge on any atom is 0.183 e. The van der Waals surface area contributed by atoms with Gasteiger partial charge in [-0.2, -0.15) is 5.10 Å². The Hall–Kier alpha value is -0.590. The number of hydrogen-bond acceptors (Lipinski definition) is 5. The number of H-pyrrole nitrogens is 1. The Labute approximate surface area is 113 Å². The molecule has 6 heteroatoms. The fourth-order valence-corrected chi connectivity index (χ4v) is 2.48. The van der Waals surface area contributed by atoms with Crippen molar-refractivity contribution in [1.82, 2.24) is 20.5 Å². The monoisotopic (exact) mass is 272 g/mol. The van der Waals surface area contributed by atoms with E-state index in [9.17, 15) is 5.11 Å². The molecule has 1 unspecified atom stereocenters. The highest BCUT2D eigenvalue weighted by Crippen LogP contribution is 2.17. The molecule has 0 spiro atoms. The van der Waals surface area contributed by atoms with Crippen LogP contribution in [0.5, 0.6) is 0 Å². The Morgan fingerprint density at radius 3 is 2.94 bits per heavy atom. The predicted molar refractivity (Wildman–Crippen MR) is 74.7 cm³/mol. The minimum absolute atomic E-state index is 0.132. The second-order valence-electron chi connectivity index (χ2n) is 4.74. The molecule has 0 aliphatic rings. The summed E-state index contributed by atoms with van der Waals surface area (Å²) in [5.74, 6) is 1.03. The third-order valence-electron chi connectivity index (χ3n) is 2.91. The Bertz CT molecular complexity index is 307. The number of unbranched alkanes of at least 4 members (excludes halogenated alkanes) is 1. The lowest BCUT2D eigenvalue weighted by Gasteiger charge is -2.28.